The Labute approximate surface area is 115 Å². The van der Waals surface area contributed by atoms with Crippen LogP contribution in [-0.4, -0.2) is 16.3 Å². The molecule has 0 aromatic heterocycles. The minimum atomic E-state index is -1.05. The van der Waals surface area contributed by atoms with Gasteiger partial charge in [0, 0.05) is 12.0 Å². The normalized spacial score (nSPS) is 23.2. The number of epoxide rings is 1. The summed E-state index contributed by atoms with van der Waals surface area (Å²) in [4.78, 5) is 22.7. The highest BCUT2D eigenvalue weighted by Gasteiger charge is 2.58. The molecule has 1 saturated heterocycles. The Kier molecular flexibility index (Phi) is 3.49. The molecule has 0 amide bonds. The molecule has 0 radical (unpaired) electrons. The Morgan fingerprint density at radius 2 is 1.94 bits per heavy atom. The van der Waals surface area contributed by atoms with Gasteiger partial charge in [-0.05, 0) is 31.9 Å². The highest BCUT2D eigenvalue weighted by Crippen LogP contribution is 2.45. The van der Waals surface area contributed by atoms with Gasteiger partial charge in [0.05, 0.1) is 4.48 Å². The molecular formula is C12H8Br2O3. The third-order valence-electron chi connectivity index (χ3n) is 2.32. The topological polar surface area (TPSA) is 46.7 Å². The lowest BCUT2D eigenvalue weighted by molar-refractivity contribution is -0.117. The van der Waals surface area contributed by atoms with Crippen LogP contribution in [0.1, 0.15) is 16.8 Å². The molecule has 1 fully saturated rings. The van der Waals surface area contributed by atoms with Crippen LogP contribution in [0.4, 0.5) is 0 Å². The quantitative estimate of drug-likeness (QED) is 0.471. The summed E-state index contributed by atoms with van der Waals surface area (Å²) in [7, 11) is 0. The summed E-state index contributed by atoms with van der Waals surface area (Å²) in [6.07, 6.45) is 1.85. The van der Waals surface area contributed by atoms with E-state index in [1.54, 1.807) is 18.2 Å². The van der Waals surface area contributed by atoms with Crippen molar-refractivity contribution in [1.82, 2.24) is 0 Å². The fourth-order valence-corrected chi connectivity index (χ4v) is 2.02. The van der Waals surface area contributed by atoms with Crippen molar-refractivity contribution in [3.05, 3.63) is 46.5 Å². The maximum absolute atomic E-state index is 11.8. The molecule has 1 atom stereocenters. The van der Waals surface area contributed by atoms with Crippen molar-refractivity contribution in [2.75, 3.05) is 0 Å². The van der Waals surface area contributed by atoms with Crippen LogP contribution < -0.4 is 0 Å². The molecule has 0 N–H and O–H groups in total. The summed E-state index contributed by atoms with van der Waals surface area (Å²) in [6, 6.07) is 8.99. The monoisotopic (exact) mass is 358 g/mol. The Morgan fingerprint density at radius 1 is 1.35 bits per heavy atom. The number of allylic oxidation sites excluding steroid dienone is 1. The number of rotatable bonds is 4. The van der Waals surface area contributed by atoms with Crippen LogP contribution in [0.15, 0.2) is 40.9 Å². The van der Waals surface area contributed by atoms with E-state index < -0.39 is 4.51 Å². The zero-order valence-corrected chi connectivity index (χ0v) is 11.8. The number of cyclic esters (lactones) is 1. The maximum Gasteiger partial charge on any atom is 0.369 e. The van der Waals surface area contributed by atoms with Crippen molar-refractivity contribution in [2.45, 2.75) is 10.9 Å². The first kappa shape index (κ1) is 12.5. The Balaban J connectivity index is 2.02. The minimum absolute atomic E-state index is 0.00764. The molecule has 0 bridgehead atoms. The van der Waals surface area contributed by atoms with Gasteiger partial charge in [0.1, 0.15) is 0 Å². The third-order valence-corrected chi connectivity index (χ3v) is 4.65. The lowest BCUT2D eigenvalue weighted by atomic mass is 10.1. The molecule has 1 aliphatic heterocycles. The van der Waals surface area contributed by atoms with Crippen LogP contribution >= 0.6 is 31.9 Å². The fourth-order valence-electron chi connectivity index (χ4n) is 1.30. The van der Waals surface area contributed by atoms with E-state index in [2.05, 4.69) is 31.9 Å². The summed E-state index contributed by atoms with van der Waals surface area (Å²) >= 11 is 6.35. The first-order chi connectivity index (χ1) is 8.04. The molecule has 2 rings (SSSR count). The lowest BCUT2D eigenvalue weighted by Gasteiger charge is -1.99. The molecule has 17 heavy (non-hydrogen) atoms. The predicted molar refractivity (Wildman–Crippen MR) is 70.1 cm³/mol. The number of ketones is 1. The van der Waals surface area contributed by atoms with E-state index in [1.165, 1.54) is 0 Å². The van der Waals surface area contributed by atoms with Crippen LogP contribution in [0.2, 0.25) is 0 Å². The highest BCUT2D eigenvalue weighted by molar-refractivity contribution is 9.14. The van der Waals surface area contributed by atoms with E-state index in [1.807, 2.05) is 18.2 Å². The van der Waals surface area contributed by atoms with E-state index >= 15 is 0 Å². The second-order valence-electron chi connectivity index (χ2n) is 3.53. The number of carbonyl (C=O) groups is 2. The van der Waals surface area contributed by atoms with Gasteiger partial charge in [0.25, 0.3) is 4.51 Å². The van der Waals surface area contributed by atoms with E-state index in [9.17, 15) is 9.59 Å². The first-order valence-corrected chi connectivity index (χ1v) is 6.49. The zero-order valence-electron chi connectivity index (χ0n) is 8.65. The molecule has 1 unspecified atom stereocenters. The van der Waals surface area contributed by atoms with Crippen molar-refractivity contribution in [3.63, 3.8) is 0 Å². The number of halogens is 2. The van der Waals surface area contributed by atoms with E-state index in [0.29, 0.717) is 10.0 Å². The van der Waals surface area contributed by atoms with Gasteiger partial charge >= 0.3 is 5.97 Å². The highest BCUT2D eigenvalue weighted by atomic mass is 79.9. The average molecular weight is 360 g/mol. The summed E-state index contributed by atoms with van der Waals surface area (Å²) in [5.41, 5.74) is 0.649. The number of carbonyl (C=O) groups excluding carboxylic acids is 2. The van der Waals surface area contributed by atoms with Crippen molar-refractivity contribution in [1.29, 1.82) is 0 Å². The Bertz CT molecular complexity index is 496. The number of benzene rings is 1. The van der Waals surface area contributed by atoms with E-state index in [4.69, 9.17) is 4.74 Å². The van der Waals surface area contributed by atoms with Gasteiger partial charge in [-0.2, -0.15) is 0 Å². The molecule has 1 aromatic carbocycles. The van der Waals surface area contributed by atoms with Gasteiger partial charge in [-0.1, -0.05) is 36.4 Å². The minimum Gasteiger partial charge on any atom is -0.427 e. The van der Waals surface area contributed by atoms with Crippen LogP contribution in [0.25, 0.3) is 0 Å². The Hall–Kier alpha value is -0.940. The van der Waals surface area contributed by atoms with Crippen LogP contribution in [-0.2, 0) is 9.53 Å². The molecule has 3 nitrogen and oxygen atoms in total. The number of Topliss-reactive ketones (excluding diaryl/α,β-unsaturated/α-hetero) is 1. The molecule has 88 valence electrons. The summed E-state index contributed by atoms with van der Waals surface area (Å²) in [6.45, 7) is 0. The summed E-state index contributed by atoms with van der Waals surface area (Å²) in [5, 5.41) is 0. The van der Waals surface area contributed by atoms with Crippen LogP contribution in [0.5, 0.6) is 0 Å². The van der Waals surface area contributed by atoms with Crippen LogP contribution in [0.3, 0.4) is 0 Å². The summed E-state index contributed by atoms with van der Waals surface area (Å²) in [5.74, 6) is -0.362. The van der Waals surface area contributed by atoms with E-state index in [-0.39, 0.29) is 18.2 Å². The SMILES string of the molecule is O=C(CC=C(Br)C1(Br)OC1=O)c1ccccc1. The number of ether oxygens (including phenoxy) is 1. The van der Waals surface area contributed by atoms with E-state index in [0.717, 1.165) is 0 Å². The average Bonchev–Trinajstić information content (AvgIpc) is 2.96. The second-order valence-corrected chi connectivity index (χ2v) is 5.50. The molecule has 0 aliphatic carbocycles. The third kappa shape index (κ3) is 2.66. The largest absolute Gasteiger partial charge is 0.427 e. The first-order valence-electron chi connectivity index (χ1n) is 4.91. The Morgan fingerprint density at radius 3 is 2.47 bits per heavy atom. The fraction of sp³-hybridized carbons (Fsp3) is 0.167. The molecule has 1 aliphatic rings. The van der Waals surface area contributed by atoms with Crippen molar-refractivity contribution in [3.8, 4) is 0 Å². The molecule has 0 spiro atoms. The molecular weight excluding hydrogens is 352 g/mol. The molecule has 1 aromatic rings. The molecule has 0 saturated carbocycles. The van der Waals surface area contributed by atoms with Gasteiger partial charge in [-0.3, -0.25) is 4.79 Å². The molecule has 1 heterocycles. The maximum atomic E-state index is 11.8. The van der Waals surface area contributed by atoms with Crippen LogP contribution in [0, 0.1) is 0 Å². The standard InChI is InChI=1S/C12H8Br2O3/c13-10(12(14)11(16)17-12)7-6-9(15)8-4-2-1-3-5-8/h1-5,7H,6H2. The number of hydrogen-bond donors (Lipinski definition) is 0. The van der Waals surface area contributed by atoms with Crippen molar-refractivity contribution < 1.29 is 14.3 Å². The zero-order chi connectivity index (χ0) is 12.5. The molecule has 5 heteroatoms. The van der Waals surface area contributed by atoms with Gasteiger partial charge in [0.15, 0.2) is 5.78 Å². The number of hydrogen-bond acceptors (Lipinski definition) is 3. The van der Waals surface area contributed by atoms with Gasteiger partial charge in [-0.15, -0.1) is 0 Å². The van der Waals surface area contributed by atoms with Gasteiger partial charge in [0.2, 0.25) is 0 Å². The number of alkyl halides is 1. The van der Waals surface area contributed by atoms with Gasteiger partial charge < -0.3 is 4.74 Å². The van der Waals surface area contributed by atoms with Gasteiger partial charge in [-0.25, -0.2) is 4.79 Å². The lowest BCUT2D eigenvalue weighted by Crippen LogP contribution is -2.03. The van der Waals surface area contributed by atoms with Crippen molar-refractivity contribution in [2.24, 2.45) is 0 Å². The predicted octanol–water partition coefficient (Wildman–Crippen LogP) is 3.19. The summed E-state index contributed by atoms with van der Waals surface area (Å²) < 4.78 is 4.23. The second kappa shape index (κ2) is 4.74. The van der Waals surface area contributed by atoms with Crippen molar-refractivity contribution >= 4 is 43.6 Å². The smallest absolute Gasteiger partial charge is 0.369 e.